The quantitative estimate of drug-likeness (QED) is 0.217. The maximum absolute atomic E-state index is 13.8. The lowest BCUT2D eigenvalue weighted by Gasteiger charge is -2.20. The summed E-state index contributed by atoms with van der Waals surface area (Å²) in [5, 5.41) is 1.61. The lowest BCUT2D eigenvalue weighted by Crippen LogP contribution is -2.37. The molecule has 15 heteroatoms. The Morgan fingerprint density at radius 1 is 0.974 bits per heavy atom. The maximum Gasteiger partial charge on any atom is 0.417 e. The number of alkyl halides is 9. The van der Waals surface area contributed by atoms with Crippen LogP contribution in [0, 0.1) is 0 Å². The first kappa shape index (κ1) is 33.4. The number of carbonyl (C=O) groups is 1. The van der Waals surface area contributed by atoms with Gasteiger partial charge in [0.15, 0.2) is 0 Å². The Morgan fingerprint density at radius 3 is 2.05 bits per heavy atom. The molecule has 0 bridgehead atoms. The number of amides is 1. The molecule has 2 rings (SSSR count). The van der Waals surface area contributed by atoms with Crippen LogP contribution in [0.15, 0.2) is 36.4 Å². The van der Waals surface area contributed by atoms with Gasteiger partial charge in [-0.3, -0.25) is 4.79 Å². The number of halogens is 12. The van der Waals surface area contributed by atoms with E-state index in [9.17, 15) is 44.3 Å². The van der Waals surface area contributed by atoms with Crippen LogP contribution in [0.1, 0.15) is 46.3 Å². The van der Waals surface area contributed by atoms with Crippen LogP contribution in [0.3, 0.4) is 0 Å². The molecule has 39 heavy (non-hydrogen) atoms. The van der Waals surface area contributed by atoms with Crippen LogP contribution in [0.5, 0.6) is 0 Å². The molecule has 0 saturated heterocycles. The van der Waals surface area contributed by atoms with Crippen LogP contribution in [0.2, 0.25) is 15.1 Å². The molecule has 216 valence electrons. The van der Waals surface area contributed by atoms with E-state index in [1.54, 1.807) is 0 Å². The summed E-state index contributed by atoms with van der Waals surface area (Å²) in [5.41, 5.74) is -2.96. The van der Waals surface area contributed by atoms with Gasteiger partial charge in [-0.05, 0) is 41.8 Å². The number of hydrogen-bond donors (Lipinski definition) is 1. The number of thioether (sulfide) groups is 1. The van der Waals surface area contributed by atoms with Crippen molar-refractivity contribution in [2.45, 2.75) is 43.8 Å². The minimum atomic E-state index is -5.07. The predicted octanol–water partition coefficient (Wildman–Crippen LogP) is 9.83. The first-order valence-electron chi connectivity index (χ1n) is 10.9. The first-order chi connectivity index (χ1) is 17.8. The van der Waals surface area contributed by atoms with Gasteiger partial charge < -0.3 is 5.32 Å². The molecular formula is C24H19Cl3F9NOS. The normalized spacial score (nSPS) is 14.5. The Hall–Kier alpha value is -1.76. The third kappa shape index (κ3) is 9.98. The fourth-order valence-corrected chi connectivity index (χ4v) is 4.88. The summed E-state index contributed by atoms with van der Waals surface area (Å²) in [5.74, 6) is -4.87. The molecule has 1 amide bonds. The molecule has 0 saturated carbocycles. The number of benzene rings is 2. The van der Waals surface area contributed by atoms with Gasteiger partial charge in [0.1, 0.15) is 0 Å². The summed E-state index contributed by atoms with van der Waals surface area (Å²) in [6.07, 6.45) is -12.8. The van der Waals surface area contributed by atoms with Gasteiger partial charge in [0.2, 0.25) is 0 Å². The van der Waals surface area contributed by atoms with Crippen LogP contribution in [0.4, 0.5) is 39.5 Å². The highest BCUT2D eigenvalue weighted by Crippen LogP contribution is 2.41. The molecular weight excluding hydrogens is 628 g/mol. The van der Waals surface area contributed by atoms with Gasteiger partial charge in [0.25, 0.3) is 5.91 Å². The highest BCUT2D eigenvalue weighted by molar-refractivity contribution is 7.99. The van der Waals surface area contributed by atoms with Crippen molar-refractivity contribution in [3.8, 4) is 0 Å². The molecule has 0 aliphatic carbocycles. The van der Waals surface area contributed by atoms with E-state index in [-0.39, 0.29) is 32.8 Å². The lowest BCUT2D eigenvalue weighted by atomic mass is 9.96. The van der Waals surface area contributed by atoms with E-state index < -0.39 is 58.8 Å². The Morgan fingerprint density at radius 2 is 1.56 bits per heavy atom. The topological polar surface area (TPSA) is 29.1 Å². The van der Waals surface area contributed by atoms with E-state index in [1.165, 1.54) is 6.92 Å². The second-order valence-electron chi connectivity index (χ2n) is 8.19. The van der Waals surface area contributed by atoms with Gasteiger partial charge in [0.05, 0.1) is 37.9 Å². The molecule has 1 N–H and O–H groups in total. The molecule has 2 aromatic rings. The fraction of sp³-hybridized carbons (Fsp3) is 0.375. The Labute approximate surface area is 236 Å². The smallest absolute Gasteiger partial charge is 0.348 e. The number of rotatable bonds is 9. The fourth-order valence-electron chi connectivity index (χ4n) is 3.31. The van der Waals surface area contributed by atoms with E-state index in [2.05, 4.69) is 5.32 Å². The van der Waals surface area contributed by atoms with Crippen molar-refractivity contribution < 1.29 is 44.3 Å². The highest BCUT2D eigenvalue weighted by atomic mass is 35.5. The summed E-state index contributed by atoms with van der Waals surface area (Å²) < 4.78 is 120. The summed E-state index contributed by atoms with van der Waals surface area (Å²) in [6.45, 7) is 1.54. The Bertz CT molecular complexity index is 1170. The molecule has 0 radical (unpaired) electrons. The first-order valence-corrected chi connectivity index (χ1v) is 13.2. The summed E-state index contributed by atoms with van der Waals surface area (Å²) in [7, 11) is 0. The summed E-state index contributed by atoms with van der Waals surface area (Å²) in [6, 6.07) is 3.31. The predicted molar refractivity (Wildman–Crippen MR) is 136 cm³/mol. The standard InChI is InChI=1S/C24H19Cl3F9NOS/c1-2-14(10-39-11-22(28,29)30)37-21(38)15-5-3-12(7-17(15)24(34,35)36)4-6-16(23(31,32)33)13-8-18(25)20(27)19(26)9-13/h3-9,14,16H,2,10-11H2,1H3,(H,37,38)/b6-4+. The van der Waals surface area contributed by atoms with E-state index >= 15 is 0 Å². The Balaban J connectivity index is 2.36. The van der Waals surface area contributed by atoms with Crippen LogP contribution in [-0.2, 0) is 6.18 Å². The second kappa shape index (κ2) is 13.3. The van der Waals surface area contributed by atoms with Gasteiger partial charge in [-0.25, -0.2) is 0 Å². The number of carbonyl (C=O) groups excluding carboxylic acids is 1. The van der Waals surface area contributed by atoms with E-state index in [0.717, 1.165) is 30.3 Å². The zero-order chi connectivity index (χ0) is 29.8. The molecule has 2 nitrogen and oxygen atoms in total. The van der Waals surface area contributed by atoms with Gasteiger partial charge >= 0.3 is 18.5 Å². The van der Waals surface area contributed by atoms with Crippen LogP contribution < -0.4 is 5.32 Å². The van der Waals surface area contributed by atoms with Crippen LogP contribution in [-0.4, -0.2) is 35.8 Å². The number of hydrogen-bond acceptors (Lipinski definition) is 2. The van der Waals surface area contributed by atoms with Crippen molar-refractivity contribution in [1.82, 2.24) is 5.32 Å². The molecule has 0 aliphatic rings. The van der Waals surface area contributed by atoms with E-state index in [4.69, 9.17) is 34.8 Å². The number of nitrogens with one attached hydrogen (secondary N) is 1. The molecule has 0 heterocycles. The van der Waals surface area contributed by atoms with Crippen molar-refractivity contribution in [3.63, 3.8) is 0 Å². The molecule has 2 atom stereocenters. The van der Waals surface area contributed by atoms with Crippen molar-refractivity contribution >= 4 is 58.5 Å². The zero-order valence-electron chi connectivity index (χ0n) is 19.7. The summed E-state index contributed by atoms with van der Waals surface area (Å²) >= 11 is 17.9. The zero-order valence-corrected chi connectivity index (χ0v) is 22.8. The van der Waals surface area contributed by atoms with Crippen molar-refractivity contribution in [3.05, 3.63) is 73.7 Å². The van der Waals surface area contributed by atoms with Gasteiger partial charge in [0, 0.05) is 11.8 Å². The average Bonchev–Trinajstić information content (AvgIpc) is 2.79. The van der Waals surface area contributed by atoms with Crippen LogP contribution in [0.25, 0.3) is 6.08 Å². The molecule has 0 aromatic heterocycles. The highest BCUT2D eigenvalue weighted by Gasteiger charge is 2.40. The third-order valence-electron chi connectivity index (χ3n) is 5.21. The van der Waals surface area contributed by atoms with E-state index in [1.807, 2.05) is 0 Å². The average molecular weight is 647 g/mol. The molecule has 2 aromatic carbocycles. The van der Waals surface area contributed by atoms with Crippen LogP contribution >= 0.6 is 46.6 Å². The third-order valence-corrected chi connectivity index (χ3v) is 7.57. The number of allylic oxidation sites excluding steroid dienone is 1. The molecule has 0 aliphatic heterocycles. The lowest BCUT2D eigenvalue weighted by molar-refractivity contribution is -0.139. The van der Waals surface area contributed by atoms with Gasteiger partial charge in [-0.1, -0.05) is 59.9 Å². The van der Waals surface area contributed by atoms with Crippen molar-refractivity contribution in [1.29, 1.82) is 0 Å². The SMILES string of the molecule is CCC(CSCC(F)(F)F)NC(=O)c1ccc(/C=C/C(c2cc(Cl)c(Cl)c(Cl)c2)C(F)(F)F)cc1C(F)(F)F. The van der Waals surface area contributed by atoms with E-state index in [0.29, 0.717) is 23.9 Å². The minimum absolute atomic E-state index is 0.149. The van der Waals surface area contributed by atoms with Gasteiger partial charge in [-0.2, -0.15) is 51.3 Å². The molecule has 0 spiro atoms. The minimum Gasteiger partial charge on any atom is -0.348 e. The monoisotopic (exact) mass is 645 g/mol. The Kier molecular flexibility index (Phi) is 11.4. The van der Waals surface area contributed by atoms with Crippen molar-refractivity contribution in [2.75, 3.05) is 11.5 Å². The second-order valence-corrected chi connectivity index (χ2v) is 10.4. The van der Waals surface area contributed by atoms with Gasteiger partial charge in [-0.15, -0.1) is 0 Å². The molecule has 2 unspecified atom stereocenters. The summed E-state index contributed by atoms with van der Waals surface area (Å²) in [4.78, 5) is 12.6. The molecule has 0 fully saturated rings. The maximum atomic E-state index is 13.8. The van der Waals surface area contributed by atoms with Crippen molar-refractivity contribution in [2.24, 2.45) is 0 Å². The largest absolute Gasteiger partial charge is 0.417 e.